The van der Waals surface area contributed by atoms with E-state index < -0.39 is 18.0 Å². The molecule has 0 radical (unpaired) electrons. The van der Waals surface area contributed by atoms with E-state index in [-0.39, 0.29) is 18.0 Å². The van der Waals surface area contributed by atoms with Gasteiger partial charge in [0.05, 0.1) is 12.7 Å². The fourth-order valence-corrected chi connectivity index (χ4v) is 4.02. The molecule has 0 unspecified atom stereocenters. The number of aromatic hydroxyl groups is 1. The van der Waals surface area contributed by atoms with E-state index in [1.54, 1.807) is 31.2 Å². The van der Waals surface area contributed by atoms with Gasteiger partial charge in [0.1, 0.15) is 17.6 Å². The number of carbonyl (C=O) groups is 1. The topological polar surface area (TPSA) is 96.2 Å². The third-order valence-corrected chi connectivity index (χ3v) is 5.08. The number of phenolic OH excluding ortho intramolecular Hbond substituents is 1. The number of phenols is 1. The van der Waals surface area contributed by atoms with Gasteiger partial charge in [0.2, 0.25) is 0 Å². The molecule has 2 aromatic carbocycles. The van der Waals surface area contributed by atoms with Crippen molar-refractivity contribution < 1.29 is 29.6 Å². The van der Waals surface area contributed by atoms with Gasteiger partial charge < -0.3 is 24.8 Å². The second-order valence-electron chi connectivity index (χ2n) is 7.14. The van der Waals surface area contributed by atoms with Crippen LogP contribution in [0.5, 0.6) is 11.5 Å². The van der Waals surface area contributed by atoms with Crippen LogP contribution in [0.4, 0.5) is 0 Å². The number of carbonyl (C=O) groups excluding carboxylic acids is 1. The molecule has 6 heteroatoms. The van der Waals surface area contributed by atoms with Gasteiger partial charge in [0.15, 0.2) is 12.1 Å². The molecule has 136 valence electrons. The van der Waals surface area contributed by atoms with Gasteiger partial charge in [0.25, 0.3) is 0 Å². The van der Waals surface area contributed by atoms with E-state index in [1.165, 1.54) is 13.2 Å². The van der Waals surface area contributed by atoms with Gasteiger partial charge in [-0.1, -0.05) is 18.2 Å². The number of methoxy groups -OCH3 is 1. The molecular formula is C20H20O6. The third kappa shape index (κ3) is 2.49. The molecule has 4 rings (SSSR count). The standard InChI is InChI=1S/C20H20O6/c1-20(24)8-10-6-7-12(21)17(15(10)13(22)9-20)18-16-11(19(23)26-18)4-3-5-14(16)25-2/h3-7,18-19,21,23-24H,8-9H2,1-2H3/t18-,19-,20+/m0/s1. The van der Waals surface area contributed by atoms with Gasteiger partial charge in [0, 0.05) is 35.1 Å². The molecule has 3 atom stereocenters. The monoisotopic (exact) mass is 356 g/mol. The fraction of sp³-hybridized carbons (Fsp3) is 0.350. The summed E-state index contributed by atoms with van der Waals surface area (Å²) in [5, 5.41) is 31.2. The first-order valence-electron chi connectivity index (χ1n) is 8.43. The van der Waals surface area contributed by atoms with Crippen LogP contribution in [0, 0.1) is 0 Å². The van der Waals surface area contributed by atoms with Gasteiger partial charge in [-0.05, 0) is 24.6 Å². The van der Waals surface area contributed by atoms with Crippen LogP contribution >= 0.6 is 0 Å². The molecule has 1 aliphatic carbocycles. The Morgan fingerprint density at radius 2 is 1.96 bits per heavy atom. The third-order valence-electron chi connectivity index (χ3n) is 5.08. The van der Waals surface area contributed by atoms with E-state index in [9.17, 15) is 20.1 Å². The molecular weight excluding hydrogens is 336 g/mol. The number of ketones is 1. The second-order valence-corrected chi connectivity index (χ2v) is 7.14. The maximum Gasteiger partial charge on any atom is 0.182 e. The summed E-state index contributed by atoms with van der Waals surface area (Å²) in [6, 6.07) is 8.35. The number of hydrogen-bond acceptors (Lipinski definition) is 6. The summed E-state index contributed by atoms with van der Waals surface area (Å²) in [7, 11) is 1.51. The number of aliphatic hydroxyl groups is 2. The van der Waals surface area contributed by atoms with Gasteiger partial charge >= 0.3 is 0 Å². The van der Waals surface area contributed by atoms with E-state index in [1.807, 2.05) is 0 Å². The molecule has 0 aromatic heterocycles. The lowest BCUT2D eigenvalue weighted by Crippen LogP contribution is -2.36. The lowest BCUT2D eigenvalue weighted by molar-refractivity contribution is -0.109. The van der Waals surface area contributed by atoms with Crippen LogP contribution in [0.2, 0.25) is 0 Å². The molecule has 0 spiro atoms. The Morgan fingerprint density at radius 1 is 1.19 bits per heavy atom. The van der Waals surface area contributed by atoms with Gasteiger partial charge in [-0.15, -0.1) is 0 Å². The molecule has 1 heterocycles. The molecule has 0 saturated heterocycles. The first-order chi connectivity index (χ1) is 12.3. The van der Waals surface area contributed by atoms with Crippen molar-refractivity contribution in [2.75, 3.05) is 7.11 Å². The van der Waals surface area contributed by atoms with Crippen LogP contribution in [0.1, 0.15) is 58.4 Å². The van der Waals surface area contributed by atoms with Crippen molar-refractivity contribution >= 4 is 5.78 Å². The summed E-state index contributed by atoms with van der Waals surface area (Å²) in [6.45, 7) is 1.62. The number of hydrogen-bond donors (Lipinski definition) is 3. The molecule has 6 nitrogen and oxygen atoms in total. The highest BCUT2D eigenvalue weighted by molar-refractivity contribution is 6.01. The first kappa shape index (κ1) is 17.0. The second kappa shape index (κ2) is 5.81. The van der Waals surface area contributed by atoms with E-state index in [2.05, 4.69) is 0 Å². The Balaban J connectivity index is 1.94. The van der Waals surface area contributed by atoms with Crippen LogP contribution in [0.3, 0.4) is 0 Å². The zero-order valence-corrected chi connectivity index (χ0v) is 14.5. The molecule has 2 aromatic rings. The Kier molecular flexibility index (Phi) is 3.80. The van der Waals surface area contributed by atoms with Crippen molar-refractivity contribution in [1.82, 2.24) is 0 Å². The van der Waals surface area contributed by atoms with Gasteiger partial charge in [-0.2, -0.15) is 0 Å². The van der Waals surface area contributed by atoms with Crippen molar-refractivity contribution in [3.63, 3.8) is 0 Å². The highest BCUT2D eigenvalue weighted by Crippen LogP contribution is 2.50. The Bertz CT molecular complexity index is 901. The van der Waals surface area contributed by atoms with E-state index in [4.69, 9.17) is 9.47 Å². The Morgan fingerprint density at radius 3 is 2.69 bits per heavy atom. The average Bonchev–Trinajstić information content (AvgIpc) is 2.91. The van der Waals surface area contributed by atoms with Crippen LogP contribution in [0.15, 0.2) is 30.3 Å². The van der Waals surface area contributed by atoms with Gasteiger partial charge in [-0.25, -0.2) is 0 Å². The largest absolute Gasteiger partial charge is 0.508 e. The highest BCUT2D eigenvalue weighted by Gasteiger charge is 2.41. The van der Waals surface area contributed by atoms with Crippen LogP contribution < -0.4 is 4.74 Å². The molecule has 3 N–H and O–H groups in total. The predicted molar refractivity (Wildman–Crippen MR) is 92.3 cm³/mol. The minimum atomic E-state index is -1.18. The van der Waals surface area contributed by atoms with Gasteiger partial charge in [-0.3, -0.25) is 4.79 Å². The Labute approximate surface area is 150 Å². The Hall–Kier alpha value is -2.41. The lowest BCUT2D eigenvalue weighted by Gasteiger charge is -2.31. The van der Waals surface area contributed by atoms with Crippen molar-refractivity contribution in [3.8, 4) is 11.5 Å². The average molecular weight is 356 g/mol. The number of ether oxygens (including phenoxy) is 2. The summed E-state index contributed by atoms with van der Waals surface area (Å²) in [6.07, 6.45) is -1.75. The number of aliphatic hydroxyl groups excluding tert-OH is 1. The van der Waals surface area contributed by atoms with Crippen molar-refractivity contribution in [2.24, 2.45) is 0 Å². The highest BCUT2D eigenvalue weighted by atomic mass is 16.6. The number of fused-ring (bicyclic) bond motifs is 2. The maximum atomic E-state index is 12.8. The number of benzene rings is 2. The van der Waals surface area contributed by atoms with Crippen molar-refractivity contribution in [3.05, 3.63) is 58.1 Å². The summed E-state index contributed by atoms with van der Waals surface area (Å²) in [5.41, 5.74) is 1.33. The van der Waals surface area contributed by atoms with E-state index >= 15 is 0 Å². The summed E-state index contributed by atoms with van der Waals surface area (Å²) in [5.74, 6) is 0.162. The molecule has 2 aliphatic rings. The maximum absolute atomic E-state index is 12.8. The quantitative estimate of drug-likeness (QED) is 0.765. The molecule has 0 bridgehead atoms. The first-order valence-corrected chi connectivity index (χ1v) is 8.43. The summed E-state index contributed by atoms with van der Waals surface area (Å²) < 4.78 is 11.1. The van der Waals surface area contributed by atoms with E-state index in [0.717, 1.165) is 0 Å². The van der Waals surface area contributed by atoms with Crippen LogP contribution in [0.25, 0.3) is 0 Å². The van der Waals surface area contributed by atoms with E-state index in [0.29, 0.717) is 40.0 Å². The smallest absolute Gasteiger partial charge is 0.182 e. The minimum Gasteiger partial charge on any atom is -0.508 e. The zero-order valence-electron chi connectivity index (χ0n) is 14.5. The van der Waals surface area contributed by atoms with Crippen molar-refractivity contribution in [1.29, 1.82) is 0 Å². The normalized spacial score (nSPS) is 27.2. The number of Topliss-reactive ketones (excluding diaryl/α,β-unsaturated/α-hetero) is 1. The molecule has 0 saturated carbocycles. The predicted octanol–water partition coefficient (Wildman–Crippen LogP) is 2.39. The molecule has 1 aliphatic heterocycles. The number of rotatable bonds is 2. The lowest BCUT2D eigenvalue weighted by atomic mass is 9.77. The van der Waals surface area contributed by atoms with Crippen LogP contribution in [-0.4, -0.2) is 33.8 Å². The SMILES string of the molecule is COc1cccc2c1[C@@H](c1c(O)ccc3c1C(=O)C[C@](C)(O)C3)O[C@@H]2O. The summed E-state index contributed by atoms with van der Waals surface area (Å²) >= 11 is 0. The van der Waals surface area contributed by atoms with Crippen molar-refractivity contribution in [2.45, 2.75) is 37.8 Å². The fourth-order valence-electron chi connectivity index (χ4n) is 4.02. The minimum absolute atomic E-state index is 0.0372. The molecule has 26 heavy (non-hydrogen) atoms. The zero-order chi connectivity index (χ0) is 18.6. The molecule has 0 fully saturated rings. The summed E-state index contributed by atoms with van der Waals surface area (Å²) in [4.78, 5) is 12.8. The molecule has 0 amide bonds. The van der Waals surface area contributed by atoms with Crippen LogP contribution in [-0.2, 0) is 11.2 Å².